The molecule has 0 atom stereocenters. The fraction of sp³-hybridized carbons (Fsp3) is 0.0833. The van der Waals surface area contributed by atoms with Gasteiger partial charge in [-0.05, 0) is 41.8 Å². The largest absolute Gasteiger partial charge is 0.490 e. The van der Waals surface area contributed by atoms with Crippen molar-refractivity contribution >= 4 is 22.4 Å². The summed E-state index contributed by atoms with van der Waals surface area (Å²) >= 11 is 0. The SMILES string of the molecule is C=CCOc1ccc(C(F)=C(F)c2cc3ccc(OCC=C)c(F)c3c(F)c2F)cc1. The molecule has 3 aromatic rings. The van der Waals surface area contributed by atoms with Crippen molar-refractivity contribution in [2.24, 2.45) is 0 Å². The monoisotopic (exact) mass is 432 g/mol. The molecule has 3 rings (SSSR count). The number of ether oxygens (including phenoxy) is 2. The Bertz CT molecular complexity index is 1170. The van der Waals surface area contributed by atoms with Crippen LogP contribution in [-0.2, 0) is 0 Å². The minimum atomic E-state index is -1.72. The van der Waals surface area contributed by atoms with E-state index < -0.39 is 40.1 Å². The first kappa shape index (κ1) is 22.1. The molecule has 0 bridgehead atoms. The lowest BCUT2D eigenvalue weighted by Crippen LogP contribution is -2.00. The van der Waals surface area contributed by atoms with Crippen molar-refractivity contribution in [3.05, 3.63) is 96.4 Å². The Morgan fingerprint density at radius 3 is 2.06 bits per heavy atom. The van der Waals surface area contributed by atoms with Gasteiger partial charge < -0.3 is 9.47 Å². The van der Waals surface area contributed by atoms with E-state index in [9.17, 15) is 22.0 Å². The molecule has 0 unspecified atom stereocenters. The van der Waals surface area contributed by atoms with Crippen LogP contribution in [-0.4, -0.2) is 13.2 Å². The lowest BCUT2D eigenvalue weighted by molar-refractivity contribution is 0.343. The van der Waals surface area contributed by atoms with Crippen LogP contribution in [0.4, 0.5) is 22.0 Å². The van der Waals surface area contributed by atoms with Gasteiger partial charge in [-0.25, -0.2) is 22.0 Å². The van der Waals surface area contributed by atoms with Crippen LogP contribution in [0.1, 0.15) is 11.1 Å². The number of hydrogen-bond donors (Lipinski definition) is 0. The highest BCUT2D eigenvalue weighted by Crippen LogP contribution is 2.37. The average Bonchev–Trinajstić information content (AvgIpc) is 2.78. The van der Waals surface area contributed by atoms with E-state index in [1.54, 1.807) is 0 Å². The maximum absolute atomic E-state index is 14.8. The fourth-order valence-corrected chi connectivity index (χ4v) is 2.88. The van der Waals surface area contributed by atoms with Crippen LogP contribution in [0.15, 0.2) is 67.8 Å². The standard InChI is InChI=1S/C24H17F5O2/c1-3-11-30-16-8-5-14(6-9-16)20(25)21(26)17-13-15-7-10-18(31-12-4-2)23(28)19(15)24(29)22(17)27/h3-10,13H,1-2,11-12H2. The van der Waals surface area contributed by atoms with Crippen LogP contribution in [0.25, 0.3) is 22.4 Å². The molecule has 0 N–H and O–H groups in total. The van der Waals surface area contributed by atoms with Crippen molar-refractivity contribution in [2.45, 2.75) is 0 Å². The lowest BCUT2D eigenvalue weighted by Gasteiger charge is -2.11. The highest BCUT2D eigenvalue weighted by Gasteiger charge is 2.23. The molecule has 0 saturated heterocycles. The van der Waals surface area contributed by atoms with Crippen molar-refractivity contribution in [1.29, 1.82) is 0 Å². The first-order valence-corrected chi connectivity index (χ1v) is 9.12. The summed E-state index contributed by atoms with van der Waals surface area (Å²) in [5.74, 6) is -7.47. The van der Waals surface area contributed by atoms with E-state index in [1.165, 1.54) is 48.6 Å². The van der Waals surface area contributed by atoms with Gasteiger partial charge in [0, 0.05) is 5.56 Å². The van der Waals surface area contributed by atoms with E-state index in [2.05, 4.69) is 13.2 Å². The van der Waals surface area contributed by atoms with Crippen LogP contribution < -0.4 is 9.47 Å². The lowest BCUT2D eigenvalue weighted by atomic mass is 10.0. The maximum Gasteiger partial charge on any atom is 0.175 e. The minimum absolute atomic E-state index is 0.0510. The van der Waals surface area contributed by atoms with Crippen molar-refractivity contribution in [2.75, 3.05) is 13.2 Å². The van der Waals surface area contributed by atoms with Crippen LogP contribution in [0, 0.1) is 17.5 Å². The summed E-state index contributed by atoms with van der Waals surface area (Å²) in [5.41, 5.74) is -1.17. The minimum Gasteiger partial charge on any atom is -0.490 e. The molecule has 0 spiro atoms. The quantitative estimate of drug-likeness (QED) is 0.214. The summed E-state index contributed by atoms with van der Waals surface area (Å²) in [5, 5.41) is -0.881. The molecule has 0 heterocycles. The Hall–Kier alpha value is -3.61. The van der Waals surface area contributed by atoms with Gasteiger partial charge in [0.05, 0.1) is 10.9 Å². The van der Waals surface area contributed by atoms with Crippen molar-refractivity contribution in [1.82, 2.24) is 0 Å². The zero-order chi connectivity index (χ0) is 22.5. The van der Waals surface area contributed by atoms with E-state index >= 15 is 0 Å². The van der Waals surface area contributed by atoms with Gasteiger partial charge in [-0.2, -0.15) is 0 Å². The van der Waals surface area contributed by atoms with E-state index in [0.29, 0.717) is 5.75 Å². The van der Waals surface area contributed by atoms with Gasteiger partial charge in [-0.15, -0.1) is 0 Å². The summed E-state index contributed by atoms with van der Waals surface area (Å²) in [6.45, 7) is 7.09. The topological polar surface area (TPSA) is 18.5 Å². The zero-order valence-electron chi connectivity index (χ0n) is 16.2. The molecule has 7 heteroatoms. The number of hydrogen-bond acceptors (Lipinski definition) is 2. The van der Waals surface area contributed by atoms with Crippen molar-refractivity contribution in [3.63, 3.8) is 0 Å². The molecule has 0 aromatic heterocycles. The third-order valence-electron chi connectivity index (χ3n) is 4.35. The zero-order valence-corrected chi connectivity index (χ0v) is 16.2. The van der Waals surface area contributed by atoms with Gasteiger partial charge in [0.15, 0.2) is 34.9 Å². The van der Waals surface area contributed by atoms with Crippen LogP contribution in [0.3, 0.4) is 0 Å². The summed E-state index contributed by atoms with van der Waals surface area (Å²) in [4.78, 5) is 0. The molecule has 2 nitrogen and oxygen atoms in total. The normalized spacial score (nSPS) is 11.8. The summed E-state index contributed by atoms with van der Waals surface area (Å²) in [6.07, 6.45) is 2.87. The summed E-state index contributed by atoms with van der Waals surface area (Å²) in [7, 11) is 0. The van der Waals surface area contributed by atoms with Crippen LogP contribution >= 0.6 is 0 Å². The number of rotatable bonds is 8. The van der Waals surface area contributed by atoms with Crippen LogP contribution in [0.2, 0.25) is 0 Å². The predicted molar refractivity (Wildman–Crippen MR) is 111 cm³/mol. The summed E-state index contributed by atoms with van der Waals surface area (Å²) in [6, 6.07) is 8.48. The van der Waals surface area contributed by atoms with E-state index in [0.717, 1.165) is 6.07 Å². The van der Waals surface area contributed by atoms with Gasteiger partial charge in [0.25, 0.3) is 0 Å². The second-order valence-corrected chi connectivity index (χ2v) is 6.38. The van der Waals surface area contributed by atoms with Crippen LogP contribution in [0.5, 0.6) is 11.5 Å². The second kappa shape index (κ2) is 9.47. The van der Waals surface area contributed by atoms with E-state index in [4.69, 9.17) is 9.47 Å². The Labute approximate surface area is 175 Å². The average molecular weight is 432 g/mol. The highest BCUT2D eigenvalue weighted by atomic mass is 19.2. The molecule has 160 valence electrons. The second-order valence-electron chi connectivity index (χ2n) is 6.38. The van der Waals surface area contributed by atoms with E-state index in [1.807, 2.05) is 0 Å². The Balaban J connectivity index is 2.05. The third kappa shape index (κ3) is 4.45. The molecule has 3 aromatic carbocycles. The highest BCUT2D eigenvalue weighted by molar-refractivity contribution is 5.91. The smallest absolute Gasteiger partial charge is 0.175 e. The van der Waals surface area contributed by atoms with Gasteiger partial charge in [0.1, 0.15) is 19.0 Å². The Morgan fingerprint density at radius 2 is 1.42 bits per heavy atom. The molecule has 0 aliphatic carbocycles. The van der Waals surface area contributed by atoms with Crippen molar-refractivity contribution in [3.8, 4) is 11.5 Å². The van der Waals surface area contributed by atoms with Crippen molar-refractivity contribution < 1.29 is 31.4 Å². The first-order chi connectivity index (χ1) is 14.9. The fourth-order valence-electron chi connectivity index (χ4n) is 2.88. The summed E-state index contributed by atoms with van der Waals surface area (Å²) < 4.78 is 83.4. The number of halogens is 5. The molecule has 0 fully saturated rings. The molecule has 0 aliphatic rings. The molecular weight excluding hydrogens is 415 g/mol. The first-order valence-electron chi connectivity index (χ1n) is 9.12. The Kier molecular flexibility index (Phi) is 6.74. The van der Waals surface area contributed by atoms with Gasteiger partial charge in [-0.3, -0.25) is 0 Å². The number of benzene rings is 3. The molecule has 0 radical (unpaired) electrons. The molecule has 0 saturated carbocycles. The predicted octanol–water partition coefficient (Wildman–Crippen LogP) is 7.15. The van der Waals surface area contributed by atoms with E-state index in [-0.39, 0.29) is 29.9 Å². The maximum atomic E-state index is 14.8. The third-order valence-corrected chi connectivity index (χ3v) is 4.35. The van der Waals surface area contributed by atoms with Gasteiger partial charge in [0.2, 0.25) is 0 Å². The molecular formula is C24H17F5O2. The molecule has 0 amide bonds. The Morgan fingerprint density at radius 1 is 0.774 bits per heavy atom. The molecule has 31 heavy (non-hydrogen) atoms. The number of fused-ring (bicyclic) bond motifs is 1. The molecule has 0 aliphatic heterocycles. The van der Waals surface area contributed by atoms with Gasteiger partial charge >= 0.3 is 0 Å². The van der Waals surface area contributed by atoms with Gasteiger partial charge in [-0.1, -0.05) is 31.4 Å².